The second kappa shape index (κ2) is 6.77. The Morgan fingerprint density at radius 3 is 2.18 bits per heavy atom. The molecule has 28 heavy (non-hydrogen) atoms. The van der Waals surface area contributed by atoms with Crippen molar-refractivity contribution in [2.75, 3.05) is 0 Å². The Morgan fingerprint density at radius 1 is 1.04 bits per heavy atom. The van der Waals surface area contributed by atoms with Crippen molar-refractivity contribution in [2.24, 2.45) is 10.9 Å². The van der Waals surface area contributed by atoms with E-state index in [1.165, 1.54) is 32.0 Å². The number of carbonyl (C=O) groups excluding carboxylic acids is 1. The monoisotopic (exact) mass is 408 g/mol. The third-order valence-electron chi connectivity index (χ3n) is 4.36. The first-order valence-electron chi connectivity index (χ1n) is 8.25. The molecule has 0 fully saturated rings. The molecular formula is C19H18F2N2O4S. The van der Waals surface area contributed by atoms with Gasteiger partial charge in [-0.25, -0.2) is 22.3 Å². The van der Waals surface area contributed by atoms with Crippen molar-refractivity contribution in [2.45, 2.75) is 30.9 Å². The molecule has 3 rings (SSSR count). The molecule has 1 aliphatic rings. The number of rotatable bonds is 4. The maximum atomic E-state index is 13.7. The number of benzene rings is 2. The number of sulfonamides is 1. The Bertz CT molecular complexity index is 1100. The van der Waals surface area contributed by atoms with Crippen LogP contribution in [-0.4, -0.2) is 19.8 Å². The van der Waals surface area contributed by atoms with Crippen LogP contribution in [0.15, 0.2) is 41.3 Å². The molecule has 6 nitrogen and oxygen atoms in total. The lowest BCUT2D eigenvalue weighted by Gasteiger charge is -2.18. The molecule has 0 saturated heterocycles. The average molecular weight is 408 g/mol. The number of nitrogens with two attached hydrogens (primary N) is 2. The van der Waals surface area contributed by atoms with Crippen molar-refractivity contribution in [3.8, 4) is 0 Å². The largest absolute Gasteiger partial charge is 0.478 e. The van der Waals surface area contributed by atoms with Crippen LogP contribution in [0.5, 0.6) is 0 Å². The smallest absolute Gasteiger partial charge is 0.238 e. The number of ether oxygens (including phenoxy) is 1. The summed E-state index contributed by atoms with van der Waals surface area (Å²) >= 11 is 0. The Labute approximate surface area is 160 Å². The van der Waals surface area contributed by atoms with E-state index in [9.17, 15) is 22.0 Å². The van der Waals surface area contributed by atoms with Gasteiger partial charge in [0.05, 0.1) is 10.5 Å². The van der Waals surface area contributed by atoms with E-state index in [0.29, 0.717) is 11.6 Å². The maximum absolute atomic E-state index is 13.7. The van der Waals surface area contributed by atoms with Gasteiger partial charge in [-0.1, -0.05) is 0 Å². The first-order chi connectivity index (χ1) is 12.9. The molecule has 0 aliphatic carbocycles. The van der Waals surface area contributed by atoms with Gasteiger partial charge in [-0.15, -0.1) is 0 Å². The molecule has 0 atom stereocenters. The van der Waals surface area contributed by atoms with Crippen LogP contribution in [0.25, 0.3) is 11.3 Å². The van der Waals surface area contributed by atoms with Gasteiger partial charge >= 0.3 is 0 Å². The van der Waals surface area contributed by atoms with Gasteiger partial charge in [0.25, 0.3) is 0 Å². The van der Waals surface area contributed by atoms with Gasteiger partial charge < -0.3 is 10.5 Å². The van der Waals surface area contributed by atoms with Gasteiger partial charge in [-0.05, 0) is 55.3 Å². The van der Waals surface area contributed by atoms with Crippen LogP contribution in [0, 0.1) is 11.6 Å². The molecule has 9 heteroatoms. The van der Waals surface area contributed by atoms with Crippen molar-refractivity contribution >= 4 is 27.1 Å². The minimum absolute atomic E-state index is 0.00488. The highest BCUT2D eigenvalue weighted by Gasteiger charge is 2.43. The van der Waals surface area contributed by atoms with Crippen LogP contribution in [0.1, 0.15) is 30.5 Å². The molecule has 148 valence electrons. The summed E-state index contributed by atoms with van der Waals surface area (Å²) in [5, 5.41) is 5.19. The molecule has 0 aromatic heterocycles. The van der Waals surface area contributed by atoms with Crippen LogP contribution in [0.2, 0.25) is 0 Å². The van der Waals surface area contributed by atoms with Gasteiger partial charge in [0.1, 0.15) is 17.4 Å². The highest BCUT2D eigenvalue weighted by Crippen LogP contribution is 2.42. The van der Waals surface area contributed by atoms with E-state index in [-0.39, 0.29) is 33.9 Å². The predicted molar refractivity (Wildman–Crippen MR) is 99.0 cm³/mol. The average Bonchev–Trinajstić information content (AvgIpc) is 2.82. The number of carbonyl (C=O) groups is 1. The Morgan fingerprint density at radius 2 is 1.64 bits per heavy atom. The van der Waals surface area contributed by atoms with Crippen molar-refractivity contribution in [1.29, 1.82) is 0 Å². The fourth-order valence-electron chi connectivity index (χ4n) is 3.08. The molecular weight excluding hydrogens is 390 g/mol. The fourth-order valence-corrected chi connectivity index (χ4v) is 3.84. The summed E-state index contributed by atoms with van der Waals surface area (Å²) in [5.41, 5.74) is 4.95. The fraction of sp³-hybridized carbons (Fsp3) is 0.211. The van der Waals surface area contributed by atoms with Gasteiger partial charge in [-0.2, -0.15) is 0 Å². The molecule has 1 heterocycles. The topological polar surface area (TPSA) is 112 Å². The number of ketones is 1. The van der Waals surface area contributed by atoms with Gasteiger partial charge in [0.2, 0.25) is 15.8 Å². The van der Waals surface area contributed by atoms with Gasteiger partial charge in [-0.3, -0.25) is 4.79 Å². The van der Waals surface area contributed by atoms with Crippen molar-refractivity contribution < 1.29 is 26.7 Å². The molecule has 1 aliphatic heterocycles. The maximum Gasteiger partial charge on any atom is 0.238 e. The molecule has 0 spiro atoms. The summed E-state index contributed by atoms with van der Waals surface area (Å²) in [7, 11) is -4.00. The van der Waals surface area contributed by atoms with E-state index < -0.39 is 33.0 Å². The molecule has 0 bridgehead atoms. The normalized spacial score (nSPS) is 16.4. The second-order valence-electron chi connectivity index (χ2n) is 6.88. The summed E-state index contributed by atoms with van der Waals surface area (Å²) in [4.78, 5) is 12.7. The number of primary sulfonamides is 1. The number of halogens is 2. The zero-order valence-corrected chi connectivity index (χ0v) is 15.9. The van der Waals surface area contributed by atoms with E-state index in [1.807, 2.05) is 0 Å². The predicted octanol–water partition coefficient (Wildman–Crippen LogP) is 2.32. The molecule has 0 amide bonds. The third kappa shape index (κ3) is 3.56. The summed E-state index contributed by atoms with van der Waals surface area (Å²) in [6.45, 7) is 2.93. The standard InChI is InChI=1S/C19H18F2N2O4S/c1-19(2)18(24)16(11-6-13(20)8-14(21)7-11)17(27-19)10-3-4-15(28(23,25)26)12(5-10)9-22/h3-8H,9,22H2,1-2H3,(H2,23,25,26). The molecule has 0 saturated carbocycles. The van der Waals surface area contributed by atoms with E-state index in [0.717, 1.165) is 12.1 Å². The number of hydrogen-bond acceptors (Lipinski definition) is 5. The van der Waals surface area contributed by atoms with E-state index in [4.69, 9.17) is 15.6 Å². The zero-order valence-electron chi connectivity index (χ0n) is 15.1. The quantitative estimate of drug-likeness (QED) is 0.806. The minimum atomic E-state index is -4.00. The highest BCUT2D eigenvalue weighted by atomic mass is 32.2. The first kappa shape index (κ1) is 20.1. The lowest BCUT2D eigenvalue weighted by atomic mass is 9.92. The van der Waals surface area contributed by atoms with Crippen LogP contribution in [0.4, 0.5) is 8.78 Å². The van der Waals surface area contributed by atoms with Crippen molar-refractivity contribution in [3.05, 3.63) is 64.7 Å². The molecule has 0 unspecified atom stereocenters. The zero-order chi connectivity index (χ0) is 20.9. The molecule has 0 radical (unpaired) electrons. The summed E-state index contributed by atoms with van der Waals surface area (Å²) in [5.74, 6) is -2.06. The Balaban J connectivity index is 2.27. The van der Waals surface area contributed by atoms with Crippen LogP contribution in [-0.2, 0) is 26.1 Å². The van der Waals surface area contributed by atoms with E-state index in [2.05, 4.69) is 0 Å². The Kier molecular flexibility index (Phi) is 4.86. The summed E-state index contributed by atoms with van der Waals surface area (Å²) in [6, 6.07) is 6.84. The van der Waals surface area contributed by atoms with Crippen LogP contribution >= 0.6 is 0 Å². The van der Waals surface area contributed by atoms with Gasteiger partial charge in [0.15, 0.2) is 5.60 Å². The molecule has 2 aromatic carbocycles. The number of Topliss-reactive ketones (excluding diaryl/α,β-unsaturated/α-hetero) is 1. The molecule has 4 N–H and O–H groups in total. The number of hydrogen-bond donors (Lipinski definition) is 2. The first-order valence-corrected chi connectivity index (χ1v) is 9.79. The van der Waals surface area contributed by atoms with Crippen molar-refractivity contribution in [1.82, 2.24) is 0 Å². The highest BCUT2D eigenvalue weighted by molar-refractivity contribution is 7.89. The summed E-state index contributed by atoms with van der Waals surface area (Å²) < 4.78 is 56.6. The van der Waals surface area contributed by atoms with E-state index >= 15 is 0 Å². The van der Waals surface area contributed by atoms with E-state index in [1.54, 1.807) is 0 Å². The minimum Gasteiger partial charge on any atom is -0.478 e. The lowest BCUT2D eigenvalue weighted by molar-refractivity contribution is -0.125. The lowest BCUT2D eigenvalue weighted by Crippen LogP contribution is -2.29. The SMILES string of the molecule is CC1(C)OC(c2ccc(S(N)(=O)=O)c(CN)c2)=C(c2cc(F)cc(F)c2)C1=O. The second-order valence-corrected chi connectivity index (χ2v) is 8.41. The Hall–Kier alpha value is -2.62. The van der Waals surface area contributed by atoms with Crippen molar-refractivity contribution in [3.63, 3.8) is 0 Å². The summed E-state index contributed by atoms with van der Waals surface area (Å²) in [6.07, 6.45) is 0. The third-order valence-corrected chi connectivity index (χ3v) is 5.37. The molecule has 2 aromatic rings. The van der Waals surface area contributed by atoms with Gasteiger partial charge in [0, 0.05) is 18.2 Å². The van der Waals surface area contributed by atoms with Crippen LogP contribution < -0.4 is 10.9 Å². The van der Waals surface area contributed by atoms with Crippen LogP contribution in [0.3, 0.4) is 0 Å².